The van der Waals surface area contributed by atoms with Gasteiger partial charge in [0.1, 0.15) is 5.82 Å². The van der Waals surface area contributed by atoms with E-state index in [1.165, 1.54) is 6.07 Å². The predicted molar refractivity (Wildman–Crippen MR) is 82.7 cm³/mol. The number of hydrazine groups is 1. The lowest BCUT2D eigenvalue weighted by Crippen LogP contribution is -2.62. The van der Waals surface area contributed by atoms with Crippen molar-refractivity contribution in [3.8, 4) is 0 Å². The minimum atomic E-state index is -0.291. The summed E-state index contributed by atoms with van der Waals surface area (Å²) in [5, 5.41) is 0.404. The van der Waals surface area contributed by atoms with Crippen LogP contribution in [-0.4, -0.2) is 42.8 Å². The largest absolute Gasteiger partial charge is 0.379 e. The van der Waals surface area contributed by atoms with Gasteiger partial charge in [0, 0.05) is 29.7 Å². The number of hydrogen-bond donors (Lipinski definition) is 2. The lowest BCUT2D eigenvalue weighted by atomic mass is 9.87. The van der Waals surface area contributed by atoms with Crippen molar-refractivity contribution in [2.45, 2.75) is 31.8 Å². The maximum Gasteiger partial charge on any atom is 0.127 e. The summed E-state index contributed by atoms with van der Waals surface area (Å²) < 4.78 is 19.4. The molecule has 21 heavy (non-hydrogen) atoms. The van der Waals surface area contributed by atoms with Gasteiger partial charge < -0.3 is 4.74 Å². The van der Waals surface area contributed by atoms with Gasteiger partial charge in [-0.3, -0.25) is 16.2 Å². The number of nitrogens with one attached hydrogen (secondary N) is 1. The molecule has 0 bridgehead atoms. The molecule has 6 heteroatoms. The predicted octanol–water partition coefficient (Wildman–Crippen LogP) is 1.96. The van der Waals surface area contributed by atoms with Crippen molar-refractivity contribution >= 4 is 11.6 Å². The van der Waals surface area contributed by atoms with E-state index in [0.717, 1.165) is 26.3 Å². The molecule has 1 unspecified atom stereocenters. The van der Waals surface area contributed by atoms with Gasteiger partial charge in [0.15, 0.2) is 0 Å². The first-order valence-electron chi connectivity index (χ1n) is 7.18. The van der Waals surface area contributed by atoms with Crippen LogP contribution in [0.3, 0.4) is 0 Å². The topological polar surface area (TPSA) is 50.5 Å². The second-order valence-electron chi connectivity index (χ2n) is 5.91. The molecule has 1 saturated heterocycles. The molecule has 0 amide bonds. The third-order valence-electron chi connectivity index (χ3n) is 4.32. The van der Waals surface area contributed by atoms with Crippen molar-refractivity contribution in [1.82, 2.24) is 10.3 Å². The van der Waals surface area contributed by atoms with Crippen molar-refractivity contribution < 1.29 is 9.13 Å². The molecule has 1 atom stereocenters. The van der Waals surface area contributed by atoms with E-state index < -0.39 is 0 Å². The summed E-state index contributed by atoms with van der Waals surface area (Å²) in [6, 6.07) is 4.69. The van der Waals surface area contributed by atoms with E-state index in [4.69, 9.17) is 22.2 Å². The zero-order valence-electron chi connectivity index (χ0n) is 12.5. The molecule has 0 aromatic heterocycles. The van der Waals surface area contributed by atoms with Crippen LogP contribution in [0.5, 0.6) is 0 Å². The summed E-state index contributed by atoms with van der Waals surface area (Å²) in [6.07, 6.45) is 0.504. The highest BCUT2D eigenvalue weighted by atomic mass is 35.5. The molecule has 118 valence electrons. The molecule has 4 nitrogen and oxygen atoms in total. The van der Waals surface area contributed by atoms with Gasteiger partial charge in [-0.05, 0) is 38.0 Å². The molecular formula is C15H23ClFN3O. The Balaban J connectivity index is 2.14. The van der Waals surface area contributed by atoms with E-state index in [1.807, 2.05) is 0 Å². The van der Waals surface area contributed by atoms with Crippen LogP contribution in [0.15, 0.2) is 18.2 Å². The Hall–Kier alpha value is -0.720. The summed E-state index contributed by atoms with van der Waals surface area (Å²) in [5.41, 5.74) is 3.26. The van der Waals surface area contributed by atoms with Crippen LogP contribution in [-0.2, 0) is 11.2 Å². The number of morpholine rings is 1. The lowest BCUT2D eigenvalue weighted by molar-refractivity contribution is -0.0233. The molecule has 1 aliphatic rings. The van der Waals surface area contributed by atoms with E-state index in [1.54, 1.807) is 12.1 Å². The molecule has 0 aliphatic carbocycles. The van der Waals surface area contributed by atoms with Gasteiger partial charge >= 0.3 is 0 Å². The minimum Gasteiger partial charge on any atom is -0.379 e. The Bertz CT molecular complexity index is 478. The van der Waals surface area contributed by atoms with Crippen LogP contribution < -0.4 is 11.3 Å². The van der Waals surface area contributed by atoms with Gasteiger partial charge in [0.05, 0.1) is 13.2 Å². The van der Waals surface area contributed by atoms with Crippen molar-refractivity contribution in [1.29, 1.82) is 0 Å². The normalized spacial score (nSPS) is 18.7. The molecule has 1 fully saturated rings. The number of nitrogens with two attached hydrogens (primary N) is 1. The number of hydrogen-bond acceptors (Lipinski definition) is 4. The highest BCUT2D eigenvalue weighted by Crippen LogP contribution is 2.24. The average Bonchev–Trinajstić information content (AvgIpc) is 2.47. The standard InChI is InChI=1S/C15H23ClFN3O/c1-15(2,20-5-7-21-8-6-20)14(19-18)9-11-3-4-12(16)10-13(11)17/h3-4,10,14,19H,5-9,18H2,1-2H3. The molecular weight excluding hydrogens is 293 g/mol. The summed E-state index contributed by atoms with van der Waals surface area (Å²) in [6.45, 7) is 7.39. The van der Waals surface area contributed by atoms with Crippen molar-refractivity contribution in [2.75, 3.05) is 26.3 Å². The highest BCUT2D eigenvalue weighted by molar-refractivity contribution is 6.30. The molecule has 1 aromatic rings. The van der Waals surface area contributed by atoms with Gasteiger partial charge in [-0.1, -0.05) is 17.7 Å². The first kappa shape index (κ1) is 16.6. The van der Waals surface area contributed by atoms with Crippen molar-refractivity contribution in [3.05, 3.63) is 34.6 Å². The van der Waals surface area contributed by atoms with Crippen LogP contribution in [0.4, 0.5) is 4.39 Å². The summed E-state index contributed by atoms with van der Waals surface area (Å²) in [5.74, 6) is 5.45. The molecule has 3 N–H and O–H groups in total. The van der Waals surface area contributed by atoms with Crippen LogP contribution >= 0.6 is 11.6 Å². The number of halogens is 2. The molecule has 0 radical (unpaired) electrons. The summed E-state index contributed by atoms with van der Waals surface area (Å²) in [4.78, 5) is 2.33. The van der Waals surface area contributed by atoms with Crippen LogP contribution in [0, 0.1) is 5.82 Å². The Labute approximate surface area is 130 Å². The third kappa shape index (κ3) is 3.93. The first-order valence-corrected chi connectivity index (χ1v) is 7.56. The van der Waals surface area contributed by atoms with E-state index in [-0.39, 0.29) is 17.4 Å². The minimum absolute atomic E-state index is 0.0775. The zero-order chi connectivity index (χ0) is 15.5. The maximum absolute atomic E-state index is 14.0. The van der Waals surface area contributed by atoms with Crippen LogP contribution in [0.1, 0.15) is 19.4 Å². The molecule has 1 aliphatic heterocycles. The van der Waals surface area contributed by atoms with Gasteiger partial charge in [-0.2, -0.15) is 0 Å². The quantitative estimate of drug-likeness (QED) is 0.644. The molecule has 1 heterocycles. The van der Waals surface area contributed by atoms with Crippen molar-refractivity contribution in [2.24, 2.45) is 5.84 Å². The van der Waals surface area contributed by atoms with E-state index >= 15 is 0 Å². The Morgan fingerprint density at radius 2 is 2.10 bits per heavy atom. The third-order valence-corrected chi connectivity index (χ3v) is 4.55. The van der Waals surface area contributed by atoms with E-state index in [9.17, 15) is 4.39 Å². The van der Waals surface area contributed by atoms with Gasteiger partial charge in [-0.15, -0.1) is 0 Å². The van der Waals surface area contributed by atoms with E-state index in [2.05, 4.69) is 24.2 Å². The van der Waals surface area contributed by atoms with Gasteiger partial charge in [0.2, 0.25) is 0 Å². The molecule has 2 rings (SSSR count). The average molecular weight is 316 g/mol. The number of nitrogens with zero attached hydrogens (tertiary/aromatic N) is 1. The number of ether oxygens (including phenoxy) is 1. The maximum atomic E-state index is 14.0. The van der Waals surface area contributed by atoms with E-state index in [0.29, 0.717) is 17.0 Å². The second-order valence-corrected chi connectivity index (χ2v) is 6.35. The molecule has 1 aromatic carbocycles. The fraction of sp³-hybridized carbons (Fsp3) is 0.600. The first-order chi connectivity index (χ1) is 9.95. The van der Waals surface area contributed by atoms with Gasteiger partial charge in [0.25, 0.3) is 0 Å². The highest BCUT2D eigenvalue weighted by Gasteiger charge is 2.36. The van der Waals surface area contributed by atoms with Gasteiger partial charge in [-0.25, -0.2) is 4.39 Å². The Kier molecular flexibility index (Phi) is 5.57. The monoisotopic (exact) mass is 315 g/mol. The molecule has 0 spiro atoms. The second kappa shape index (κ2) is 7.03. The number of rotatable bonds is 5. The smallest absolute Gasteiger partial charge is 0.127 e. The molecule has 0 saturated carbocycles. The fourth-order valence-electron chi connectivity index (χ4n) is 2.78. The zero-order valence-corrected chi connectivity index (χ0v) is 13.3. The van der Waals surface area contributed by atoms with Crippen LogP contribution in [0.25, 0.3) is 0 Å². The van der Waals surface area contributed by atoms with Crippen molar-refractivity contribution in [3.63, 3.8) is 0 Å². The lowest BCUT2D eigenvalue weighted by Gasteiger charge is -2.45. The summed E-state index contributed by atoms with van der Waals surface area (Å²) >= 11 is 5.80. The Morgan fingerprint density at radius 3 is 2.67 bits per heavy atom. The summed E-state index contributed by atoms with van der Waals surface area (Å²) in [7, 11) is 0. The fourth-order valence-corrected chi connectivity index (χ4v) is 2.94. The SMILES string of the molecule is CC(C)(C(Cc1ccc(Cl)cc1F)NN)N1CCOCC1. The Morgan fingerprint density at radius 1 is 1.43 bits per heavy atom. The number of benzene rings is 1. The van der Waals surface area contributed by atoms with Crippen LogP contribution in [0.2, 0.25) is 5.02 Å².